The van der Waals surface area contributed by atoms with E-state index in [0.29, 0.717) is 15.1 Å². The van der Waals surface area contributed by atoms with E-state index in [9.17, 15) is 0 Å². The van der Waals surface area contributed by atoms with Gasteiger partial charge in [-0.05, 0) is 41.5 Å². The molecule has 0 fully saturated rings. The fraction of sp³-hybridized carbons (Fsp3) is 0.0526. The number of hydrogen-bond acceptors (Lipinski definition) is 1. The normalized spacial score (nSPS) is 10.6. The smallest absolute Gasteiger partial charge is 0.127 e. The number of halogens is 3. The fourth-order valence-corrected chi connectivity index (χ4v) is 3.17. The Labute approximate surface area is 150 Å². The largest absolute Gasteiger partial charge is 0.496 e. The maximum Gasteiger partial charge on any atom is 0.127 e. The number of benzene rings is 3. The molecule has 0 heterocycles. The van der Waals surface area contributed by atoms with Crippen LogP contribution in [0.25, 0.3) is 22.3 Å². The second-order valence-corrected chi connectivity index (χ2v) is 6.29. The Bertz CT molecular complexity index is 842. The Morgan fingerprint density at radius 3 is 2.09 bits per heavy atom. The van der Waals surface area contributed by atoms with E-state index in [-0.39, 0.29) is 0 Å². The minimum absolute atomic E-state index is 0.581. The van der Waals surface area contributed by atoms with E-state index in [4.69, 9.17) is 39.5 Å². The molecule has 0 saturated heterocycles. The lowest BCUT2D eigenvalue weighted by Crippen LogP contribution is -1.92. The molecule has 0 aliphatic rings. The summed E-state index contributed by atoms with van der Waals surface area (Å²) in [5.41, 5.74) is 3.86. The Balaban J connectivity index is 2.27. The number of ether oxygens (including phenoxy) is 1. The summed E-state index contributed by atoms with van der Waals surface area (Å²) in [6, 6.07) is 19.0. The summed E-state index contributed by atoms with van der Waals surface area (Å²) in [5, 5.41) is 1.88. The van der Waals surface area contributed by atoms with Crippen molar-refractivity contribution in [2.75, 3.05) is 7.11 Å². The first kappa shape index (κ1) is 16.2. The monoisotopic (exact) mass is 362 g/mol. The highest BCUT2D eigenvalue weighted by Crippen LogP contribution is 2.42. The average molecular weight is 364 g/mol. The van der Waals surface area contributed by atoms with Crippen LogP contribution in [0, 0.1) is 0 Å². The lowest BCUT2D eigenvalue weighted by atomic mass is 9.93. The second-order valence-electron chi connectivity index (χ2n) is 5.01. The van der Waals surface area contributed by atoms with Crippen molar-refractivity contribution in [3.63, 3.8) is 0 Å². The SMILES string of the molecule is COc1cccc(-c2ccc(Cl)cc2)c1-c1ccc(Cl)cc1Cl. The van der Waals surface area contributed by atoms with Crippen LogP contribution in [0.2, 0.25) is 15.1 Å². The maximum atomic E-state index is 6.42. The van der Waals surface area contributed by atoms with Gasteiger partial charge in [-0.1, -0.05) is 65.1 Å². The van der Waals surface area contributed by atoms with Crippen molar-refractivity contribution in [1.29, 1.82) is 0 Å². The zero-order valence-electron chi connectivity index (χ0n) is 12.3. The van der Waals surface area contributed by atoms with Crippen molar-refractivity contribution < 1.29 is 4.74 Å². The van der Waals surface area contributed by atoms with Gasteiger partial charge in [0.2, 0.25) is 0 Å². The molecule has 0 N–H and O–H groups in total. The van der Waals surface area contributed by atoms with E-state index in [0.717, 1.165) is 28.0 Å². The summed E-state index contributed by atoms with van der Waals surface area (Å²) < 4.78 is 5.55. The van der Waals surface area contributed by atoms with Crippen LogP contribution < -0.4 is 4.74 Å². The molecule has 0 unspecified atom stereocenters. The van der Waals surface area contributed by atoms with E-state index < -0.39 is 0 Å². The predicted molar refractivity (Wildman–Crippen MR) is 98.9 cm³/mol. The highest BCUT2D eigenvalue weighted by molar-refractivity contribution is 6.36. The van der Waals surface area contributed by atoms with Gasteiger partial charge in [0.1, 0.15) is 5.75 Å². The predicted octanol–water partition coefficient (Wildman–Crippen LogP) is 6.99. The number of rotatable bonds is 3. The molecule has 0 saturated carbocycles. The molecule has 0 bridgehead atoms. The quantitative estimate of drug-likeness (QED) is 0.487. The average Bonchev–Trinajstić information content (AvgIpc) is 2.55. The third-order valence-corrected chi connectivity index (χ3v) is 4.40. The van der Waals surface area contributed by atoms with Crippen molar-refractivity contribution in [2.45, 2.75) is 0 Å². The molecule has 0 amide bonds. The third-order valence-electron chi connectivity index (χ3n) is 3.60. The van der Waals surface area contributed by atoms with Gasteiger partial charge in [0.15, 0.2) is 0 Å². The summed E-state index contributed by atoms with van der Waals surface area (Å²) in [7, 11) is 1.65. The minimum Gasteiger partial charge on any atom is -0.496 e. The molecule has 23 heavy (non-hydrogen) atoms. The first-order valence-electron chi connectivity index (χ1n) is 6.98. The lowest BCUT2D eigenvalue weighted by Gasteiger charge is -2.16. The molecular formula is C19H13Cl3O. The standard InChI is InChI=1S/C19H13Cl3O/c1-23-18-4-2-3-15(12-5-7-13(20)8-6-12)19(18)16-10-9-14(21)11-17(16)22/h2-11H,1H3. The van der Waals surface area contributed by atoms with Crippen LogP contribution in [0.1, 0.15) is 0 Å². The van der Waals surface area contributed by atoms with Crippen molar-refractivity contribution in [3.8, 4) is 28.0 Å². The molecule has 0 radical (unpaired) electrons. The zero-order chi connectivity index (χ0) is 16.4. The first-order valence-corrected chi connectivity index (χ1v) is 8.12. The van der Waals surface area contributed by atoms with Crippen LogP contribution >= 0.6 is 34.8 Å². The molecule has 3 aromatic rings. The van der Waals surface area contributed by atoms with Crippen molar-refractivity contribution in [1.82, 2.24) is 0 Å². The van der Waals surface area contributed by atoms with Gasteiger partial charge in [-0.3, -0.25) is 0 Å². The van der Waals surface area contributed by atoms with Crippen LogP contribution in [0.15, 0.2) is 60.7 Å². The van der Waals surface area contributed by atoms with E-state index in [1.165, 1.54) is 0 Å². The molecule has 116 valence electrons. The highest BCUT2D eigenvalue weighted by atomic mass is 35.5. The second kappa shape index (κ2) is 6.84. The molecule has 1 nitrogen and oxygen atoms in total. The van der Waals surface area contributed by atoms with Crippen LogP contribution in [0.4, 0.5) is 0 Å². The van der Waals surface area contributed by atoms with Gasteiger partial charge < -0.3 is 4.74 Å². The van der Waals surface area contributed by atoms with Gasteiger partial charge in [-0.2, -0.15) is 0 Å². The van der Waals surface area contributed by atoms with Crippen molar-refractivity contribution in [3.05, 3.63) is 75.7 Å². The third kappa shape index (κ3) is 3.32. The van der Waals surface area contributed by atoms with Crippen LogP contribution in [-0.2, 0) is 0 Å². The van der Waals surface area contributed by atoms with Crippen molar-refractivity contribution in [2.24, 2.45) is 0 Å². The molecule has 0 aliphatic carbocycles. The molecule has 3 rings (SSSR count). The Morgan fingerprint density at radius 2 is 1.43 bits per heavy atom. The molecule has 4 heteroatoms. The zero-order valence-corrected chi connectivity index (χ0v) is 14.6. The molecular weight excluding hydrogens is 351 g/mol. The molecule has 3 aromatic carbocycles. The summed E-state index contributed by atoms with van der Waals surface area (Å²) in [4.78, 5) is 0. The minimum atomic E-state index is 0.581. The van der Waals surface area contributed by atoms with Crippen molar-refractivity contribution >= 4 is 34.8 Å². The van der Waals surface area contributed by atoms with Gasteiger partial charge >= 0.3 is 0 Å². The lowest BCUT2D eigenvalue weighted by molar-refractivity contribution is 0.416. The summed E-state index contributed by atoms with van der Waals surface area (Å²) in [6.07, 6.45) is 0. The molecule has 0 aliphatic heterocycles. The summed E-state index contributed by atoms with van der Waals surface area (Å²) >= 11 is 18.4. The van der Waals surface area contributed by atoms with E-state index in [1.807, 2.05) is 54.6 Å². The van der Waals surface area contributed by atoms with Gasteiger partial charge in [0, 0.05) is 21.2 Å². The number of hydrogen-bond donors (Lipinski definition) is 0. The van der Waals surface area contributed by atoms with E-state index >= 15 is 0 Å². The first-order chi connectivity index (χ1) is 11.1. The summed E-state index contributed by atoms with van der Waals surface area (Å²) in [5.74, 6) is 0.752. The van der Waals surface area contributed by atoms with Gasteiger partial charge in [-0.25, -0.2) is 0 Å². The van der Waals surface area contributed by atoms with Gasteiger partial charge in [0.25, 0.3) is 0 Å². The summed E-state index contributed by atoms with van der Waals surface area (Å²) in [6.45, 7) is 0. The molecule has 0 atom stereocenters. The Kier molecular flexibility index (Phi) is 4.82. The topological polar surface area (TPSA) is 9.23 Å². The van der Waals surface area contributed by atoms with Gasteiger partial charge in [0.05, 0.1) is 12.1 Å². The van der Waals surface area contributed by atoms with Crippen LogP contribution in [-0.4, -0.2) is 7.11 Å². The Morgan fingerprint density at radius 1 is 0.739 bits per heavy atom. The van der Waals surface area contributed by atoms with E-state index in [1.54, 1.807) is 13.2 Å². The highest BCUT2D eigenvalue weighted by Gasteiger charge is 2.16. The van der Waals surface area contributed by atoms with Crippen LogP contribution in [0.3, 0.4) is 0 Å². The molecule has 0 spiro atoms. The van der Waals surface area contributed by atoms with Crippen LogP contribution in [0.5, 0.6) is 5.75 Å². The van der Waals surface area contributed by atoms with E-state index in [2.05, 4.69) is 0 Å². The maximum absolute atomic E-state index is 6.42. The fourth-order valence-electron chi connectivity index (χ4n) is 2.54. The Hall–Kier alpha value is -1.67. The van der Waals surface area contributed by atoms with Gasteiger partial charge in [-0.15, -0.1) is 0 Å². The number of methoxy groups -OCH3 is 1. The molecule has 0 aromatic heterocycles.